The summed E-state index contributed by atoms with van der Waals surface area (Å²) in [5.74, 6) is 1.01. The van der Waals surface area contributed by atoms with Gasteiger partial charge < -0.3 is 5.73 Å². The van der Waals surface area contributed by atoms with Crippen LogP contribution in [0.3, 0.4) is 0 Å². The average molecular weight is 187 g/mol. The zero-order valence-electron chi connectivity index (χ0n) is 8.36. The first-order chi connectivity index (χ1) is 6.70. The molecule has 0 saturated carbocycles. The van der Waals surface area contributed by atoms with Crippen LogP contribution >= 0.6 is 0 Å². The lowest BCUT2D eigenvalue weighted by molar-refractivity contribution is 0.874. The third kappa shape index (κ3) is 1.31. The molecular weight excluding hydrogens is 174 g/mol. The van der Waals surface area contributed by atoms with E-state index in [-0.39, 0.29) is 0 Å². The maximum absolute atomic E-state index is 5.84. The largest absolute Gasteiger partial charge is 0.383 e. The predicted molar refractivity (Wildman–Crippen MR) is 58.0 cm³/mol. The van der Waals surface area contributed by atoms with E-state index in [2.05, 4.69) is 23.8 Å². The molecule has 0 spiro atoms. The number of nitrogen functional groups attached to an aromatic ring is 1. The van der Waals surface area contributed by atoms with Crippen molar-refractivity contribution in [2.24, 2.45) is 0 Å². The number of anilines is 1. The van der Waals surface area contributed by atoms with Gasteiger partial charge in [-0.1, -0.05) is 13.8 Å². The number of aromatic nitrogens is 2. The first kappa shape index (κ1) is 8.94. The lowest BCUT2D eigenvalue weighted by Gasteiger charge is -2.09. The summed E-state index contributed by atoms with van der Waals surface area (Å²) in [5, 5.41) is 0.991. The van der Waals surface area contributed by atoms with Crippen LogP contribution in [0.15, 0.2) is 24.5 Å². The molecule has 0 aliphatic rings. The van der Waals surface area contributed by atoms with Crippen LogP contribution in [0.1, 0.15) is 25.3 Å². The van der Waals surface area contributed by atoms with Crippen molar-refractivity contribution in [1.29, 1.82) is 0 Å². The summed E-state index contributed by atoms with van der Waals surface area (Å²) in [7, 11) is 0. The van der Waals surface area contributed by atoms with E-state index in [9.17, 15) is 0 Å². The normalized spacial score (nSPS) is 11.1. The fraction of sp³-hybridized carbons (Fsp3) is 0.273. The topological polar surface area (TPSA) is 51.8 Å². The molecule has 72 valence electrons. The van der Waals surface area contributed by atoms with Crippen molar-refractivity contribution in [1.82, 2.24) is 9.97 Å². The number of fused-ring (bicyclic) bond motifs is 1. The third-order valence-corrected chi connectivity index (χ3v) is 2.34. The molecule has 14 heavy (non-hydrogen) atoms. The van der Waals surface area contributed by atoms with Crippen molar-refractivity contribution in [2.75, 3.05) is 5.73 Å². The Morgan fingerprint density at radius 1 is 1.14 bits per heavy atom. The van der Waals surface area contributed by atoms with E-state index in [4.69, 9.17) is 5.73 Å². The monoisotopic (exact) mass is 187 g/mol. The van der Waals surface area contributed by atoms with E-state index in [1.165, 1.54) is 5.56 Å². The van der Waals surface area contributed by atoms with Gasteiger partial charge in [0.15, 0.2) is 0 Å². The Hall–Kier alpha value is -1.64. The second-order valence-corrected chi connectivity index (χ2v) is 3.65. The molecule has 0 aliphatic heterocycles. The molecule has 0 atom stereocenters. The molecule has 0 amide bonds. The molecular formula is C11H13N3. The van der Waals surface area contributed by atoms with Gasteiger partial charge in [-0.25, -0.2) is 4.98 Å². The Bertz CT molecular complexity index is 458. The highest BCUT2D eigenvalue weighted by Crippen LogP contribution is 2.26. The van der Waals surface area contributed by atoms with Gasteiger partial charge in [0, 0.05) is 17.8 Å². The number of nitrogens with two attached hydrogens (primary N) is 1. The van der Waals surface area contributed by atoms with Crippen LogP contribution < -0.4 is 5.73 Å². The quantitative estimate of drug-likeness (QED) is 0.745. The first-order valence-corrected chi connectivity index (χ1v) is 4.69. The summed E-state index contributed by atoms with van der Waals surface area (Å²) in [6.45, 7) is 4.28. The van der Waals surface area contributed by atoms with Gasteiger partial charge in [0.05, 0.1) is 5.52 Å². The van der Waals surface area contributed by atoms with E-state index in [1.807, 2.05) is 18.3 Å². The fourth-order valence-electron chi connectivity index (χ4n) is 1.63. The van der Waals surface area contributed by atoms with Crippen LogP contribution in [0.5, 0.6) is 0 Å². The molecule has 2 aromatic heterocycles. The number of rotatable bonds is 1. The second-order valence-electron chi connectivity index (χ2n) is 3.65. The summed E-state index contributed by atoms with van der Waals surface area (Å²) in [4.78, 5) is 8.35. The van der Waals surface area contributed by atoms with Crippen molar-refractivity contribution in [3.63, 3.8) is 0 Å². The highest BCUT2D eigenvalue weighted by Gasteiger charge is 2.08. The lowest BCUT2D eigenvalue weighted by Crippen LogP contribution is -1.97. The zero-order valence-corrected chi connectivity index (χ0v) is 8.36. The van der Waals surface area contributed by atoms with Crippen LogP contribution in [-0.2, 0) is 0 Å². The standard InChI is InChI=1S/C11H13N3/c1-7(2)8-3-5-13-9-4-6-14-11(12)10(8)9/h3-7H,1-2H3,(H2,12,14). The highest BCUT2D eigenvalue weighted by atomic mass is 14.8. The molecule has 2 N–H and O–H groups in total. The molecule has 0 saturated heterocycles. The van der Waals surface area contributed by atoms with Crippen LogP contribution in [0, 0.1) is 0 Å². The summed E-state index contributed by atoms with van der Waals surface area (Å²) in [6.07, 6.45) is 3.51. The molecule has 3 heteroatoms. The van der Waals surface area contributed by atoms with E-state index in [0.29, 0.717) is 11.7 Å². The summed E-state index contributed by atoms with van der Waals surface area (Å²) in [5.41, 5.74) is 7.97. The minimum atomic E-state index is 0.437. The van der Waals surface area contributed by atoms with Crippen LogP contribution in [0.4, 0.5) is 5.82 Å². The summed E-state index contributed by atoms with van der Waals surface area (Å²) >= 11 is 0. The molecule has 2 rings (SSSR count). The van der Waals surface area contributed by atoms with Gasteiger partial charge in [0.1, 0.15) is 5.82 Å². The van der Waals surface area contributed by atoms with E-state index >= 15 is 0 Å². The van der Waals surface area contributed by atoms with Gasteiger partial charge in [-0.15, -0.1) is 0 Å². The smallest absolute Gasteiger partial charge is 0.133 e. The number of pyridine rings is 2. The number of nitrogens with zero attached hydrogens (tertiary/aromatic N) is 2. The van der Waals surface area contributed by atoms with Crippen molar-refractivity contribution in [2.45, 2.75) is 19.8 Å². The Morgan fingerprint density at radius 2 is 1.86 bits per heavy atom. The summed E-state index contributed by atoms with van der Waals surface area (Å²) in [6, 6.07) is 3.89. The molecule has 0 radical (unpaired) electrons. The van der Waals surface area contributed by atoms with Gasteiger partial charge in [-0.3, -0.25) is 4.98 Å². The SMILES string of the molecule is CC(C)c1ccnc2ccnc(N)c12. The van der Waals surface area contributed by atoms with Crippen LogP contribution in [0.2, 0.25) is 0 Å². The first-order valence-electron chi connectivity index (χ1n) is 4.69. The summed E-state index contributed by atoms with van der Waals surface area (Å²) < 4.78 is 0. The Kier molecular flexibility index (Phi) is 2.08. The molecule has 3 nitrogen and oxygen atoms in total. The van der Waals surface area contributed by atoms with Gasteiger partial charge in [0.25, 0.3) is 0 Å². The van der Waals surface area contributed by atoms with E-state index < -0.39 is 0 Å². The van der Waals surface area contributed by atoms with E-state index in [0.717, 1.165) is 10.9 Å². The lowest BCUT2D eigenvalue weighted by atomic mass is 10.00. The van der Waals surface area contributed by atoms with Crippen molar-refractivity contribution >= 4 is 16.7 Å². The Morgan fingerprint density at radius 3 is 2.57 bits per heavy atom. The van der Waals surface area contributed by atoms with Gasteiger partial charge in [-0.05, 0) is 23.6 Å². The van der Waals surface area contributed by atoms with E-state index in [1.54, 1.807) is 6.20 Å². The van der Waals surface area contributed by atoms with Crippen molar-refractivity contribution in [3.8, 4) is 0 Å². The van der Waals surface area contributed by atoms with Crippen LogP contribution in [-0.4, -0.2) is 9.97 Å². The van der Waals surface area contributed by atoms with Crippen molar-refractivity contribution in [3.05, 3.63) is 30.1 Å². The fourth-order valence-corrected chi connectivity index (χ4v) is 1.63. The minimum Gasteiger partial charge on any atom is -0.383 e. The minimum absolute atomic E-state index is 0.437. The Labute approximate surface area is 83.0 Å². The zero-order chi connectivity index (χ0) is 10.1. The molecule has 0 unspecified atom stereocenters. The molecule has 0 aliphatic carbocycles. The molecule has 0 aromatic carbocycles. The third-order valence-electron chi connectivity index (χ3n) is 2.34. The number of hydrogen-bond donors (Lipinski definition) is 1. The average Bonchev–Trinajstić information content (AvgIpc) is 2.17. The molecule has 2 heterocycles. The molecule has 0 bridgehead atoms. The maximum Gasteiger partial charge on any atom is 0.133 e. The second kappa shape index (κ2) is 3.25. The van der Waals surface area contributed by atoms with Crippen LogP contribution in [0.25, 0.3) is 10.9 Å². The molecule has 0 fully saturated rings. The van der Waals surface area contributed by atoms with Crippen molar-refractivity contribution < 1.29 is 0 Å². The highest BCUT2D eigenvalue weighted by molar-refractivity contribution is 5.91. The predicted octanol–water partition coefficient (Wildman–Crippen LogP) is 2.34. The number of hydrogen-bond acceptors (Lipinski definition) is 3. The van der Waals surface area contributed by atoms with Gasteiger partial charge in [-0.2, -0.15) is 0 Å². The van der Waals surface area contributed by atoms with Gasteiger partial charge >= 0.3 is 0 Å². The Balaban J connectivity index is 2.84. The van der Waals surface area contributed by atoms with Gasteiger partial charge in [0.2, 0.25) is 0 Å². The molecule has 2 aromatic rings. The maximum atomic E-state index is 5.84.